The first kappa shape index (κ1) is 21.5. The van der Waals surface area contributed by atoms with E-state index in [0.29, 0.717) is 5.69 Å². The molecular formula is C22H22N2O5S. The highest BCUT2D eigenvalue weighted by Gasteiger charge is 2.15. The summed E-state index contributed by atoms with van der Waals surface area (Å²) >= 11 is 0. The van der Waals surface area contributed by atoms with E-state index in [9.17, 15) is 18.0 Å². The van der Waals surface area contributed by atoms with Crippen molar-refractivity contribution in [1.29, 1.82) is 0 Å². The lowest BCUT2D eigenvalue weighted by atomic mass is 10.1. The number of rotatable bonds is 8. The molecule has 0 heterocycles. The summed E-state index contributed by atoms with van der Waals surface area (Å²) < 4.78 is 31.6. The quantitative estimate of drug-likeness (QED) is 0.539. The van der Waals surface area contributed by atoms with Gasteiger partial charge in [-0.05, 0) is 42.0 Å². The second-order valence-corrected chi connectivity index (χ2v) is 8.50. The van der Waals surface area contributed by atoms with Crippen molar-refractivity contribution < 1.29 is 22.7 Å². The maximum atomic E-state index is 12.2. The van der Waals surface area contributed by atoms with Crippen LogP contribution in [0.3, 0.4) is 0 Å². The molecule has 0 atom stereocenters. The molecule has 0 radical (unpaired) electrons. The van der Waals surface area contributed by atoms with Crippen molar-refractivity contribution in [2.45, 2.75) is 18.2 Å². The van der Waals surface area contributed by atoms with Gasteiger partial charge >= 0.3 is 5.97 Å². The summed E-state index contributed by atoms with van der Waals surface area (Å²) in [5.41, 5.74) is 1.54. The second kappa shape index (κ2) is 9.51. The van der Waals surface area contributed by atoms with E-state index in [-0.39, 0.29) is 17.9 Å². The van der Waals surface area contributed by atoms with Crippen molar-refractivity contribution in [2.24, 2.45) is 0 Å². The number of hydrogen-bond acceptors (Lipinski definition) is 5. The molecule has 0 unspecified atom stereocenters. The van der Waals surface area contributed by atoms with Gasteiger partial charge in [-0.2, -0.15) is 0 Å². The number of hydrogen-bond donors (Lipinski definition) is 2. The highest BCUT2D eigenvalue weighted by molar-refractivity contribution is 7.89. The molecule has 0 bridgehead atoms. The summed E-state index contributed by atoms with van der Waals surface area (Å²) in [7, 11) is -3.70. The molecule has 7 nitrogen and oxygen atoms in total. The van der Waals surface area contributed by atoms with Crippen LogP contribution in [-0.4, -0.2) is 33.4 Å². The minimum Gasteiger partial charge on any atom is -0.456 e. The Morgan fingerprint density at radius 1 is 0.933 bits per heavy atom. The van der Waals surface area contributed by atoms with Crippen molar-refractivity contribution in [2.75, 3.05) is 18.5 Å². The molecule has 0 saturated heterocycles. The van der Waals surface area contributed by atoms with Crippen LogP contribution in [0.1, 0.15) is 12.0 Å². The topological polar surface area (TPSA) is 102 Å². The van der Waals surface area contributed by atoms with Gasteiger partial charge in [-0.1, -0.05) is 48.0 Å². The van der Waals surface area contributed by atoms with E-state index < -0.39 is 28.5 Å². The summed E-state index contributed by atoms with van der Waals surface area (Å²) in [6, 6.07) is 19.6. The minimum atomic E-state index is -3.70. The third kappa shape index (κ3) is 5.88. The van der Waals surface area contributed by atoms with Crippen molar-refractivity contribution >= 4 is 38.4 Å². The number of amides is 1. The fourth-order valence-corrected chi connectivity index (χ4v) is 3.80. The number of nitrogens with one attached hydrogen (secondary N) is 2. The molecule has 0 aliphatic rings. The van der Waals surface area contributed by atoms with E-state index in [1.165, 1.54) is 12.1 Å². The molecule has 0 fully saturated rings. The number of carbonyl (C=O) groups excluding carboxylic acids is 2. The monoisotopic (exact) mass is 426 g/mol. The van der Waals surface area contributed by atoms with Gasteiger partial charge in [0, 0.05) is 12.2 Å². The van der Waals surface area contributed by atoms with Gasteiger partial charge in [0.15, 0.2) is 6.61 Å². The van der Waals surface area contributed by atoms with E-state index >= 15 is 0 Å². The SMILES string of the molecule is Cc1ccc(S(=O)(=O)NCCC(=O)OCC(=O)Nc2ccc3ccccc3c2)cc1. The number of anilines is 1. The first-order chi connectivity index (χ1) is 14.3. The summed E-state index contributed by atoms with van der Waals surface area (Å²) in [6.45, 7) is 1.29. The van der Waals surface area contributed by atoms with E-state index in [1.807, 2.05) is 43.3 Å². The zero-order valence-electron chi connectivity index (χ0n) is 16.4. The predicted octanol–water partition coefficient (Wildman–Crippen LogP) is 3.00. The Bertz CT molecular complexity index is 1160. The summed E-state index contributed by atoms with van der Waals surface area (Å²) in [5.74, 6) is -1.14. The molecule has 1 amide bonds. The van der Waals surface area contributed by atoms with Crippen LogP contribution in [0.15, 0.2) is 71.6 Å². The predicted molar refractivity (Wildman–Crippen MR) is 115 cm³/mol. The Morgan fingerprint density at radius 3 is 2.37 bits per heavy atom. The van der Waals surface area contributed by atoms with Crippen molar-refractivity contribution in [3.8, 4) is 0 Å². The molecule has 3 rings (SSSR count). The number of aryl methyl sites for hydroxylation is 1. The zero-order chi connectivity index (χ0) is 21.6. The molecule has 0 aliphatic heterocycles. The average Bonchev–Trinajstić information content (AvgIpc) is 2.72. The normalized spacial score (nSPS) is 11.2. The first-order valence-corrected chi connectivity index (χ1v) is 10.8. The number of ether oxygens (including phenoxy) is 1. The van der Waals surface area contributed by atoms with Crippen LogP contribution in [0.2, 0.25) is 0 Å². The number of fused-ring (bicyclic) bond motifs is 1. The van der Waals surface area contributed by atoms with E-state index in [1.54, 1.807) is 18.2 Å². The van der Waals surface area contributed by atoms with E-state index in [0.717, 1.165) is 16.3 Å². The average molecular weight is 426 g/mol. The van der Waals surface area contributed by atoms with Gasteiger partial charge in [0.25, 0.3) is 5.91 Å². The summed E-state index contributed by atoms with van der Waals surface area (Å²) in [4.78, 5) is 23.9. The van der Waals surface area contributed by atoms with Crippen LogP contribution in [-0.2, 0) is 24.3 Å². The van der Waals surface area contributed by atoms with Gasteiger partial charge in [-0.3, -0.25) is 9.59 Å². The van der Waals surface area contributed by atoms with E-state index in [4.69, 9.17) is 4.74 Å². The zero-order valence-corrected chi connectivity index (χ0v) is 17.2. The van der Waals surface area contributed by atoms with Crippen LogP contribution in [0, 0.1) is 6.92 Å². The Labute approximate surface area is 175 Å². The molecule has 0 aliphatic carbocycles. The molecule has 3 aromatic carbocycles. The van der Waals surface area contributed by atoms with Crippen LogP contribution >= 0.6 is 0 Å². The summed E-state index contributed by atoms with van der Waals surface area (Å²) in [5, 5.41) is 4.70. The lowest BCUT2D eigenvalue weighted by molar-refractivity contribution is -0.147. The molecule has 3 aromatic rings. The second-order valence-electron chi connectivity index (χ2n) is 6.73. The van der Waals surface area contributed by atoms with Gasteiger partial charge < -0.3 is 10.1 Å². The third-order valence-electron chi connectivity index (χ3n) is 4.35. The Balaban J connectivity index is 1.42. The number of sulfonamides is 1. The lowest BCUT2D eigenvalue weighted by Gasteiger charge is -2.09. The van der Waals surface area contributed by atoms with Crippen molar-refractivity contribution in [3.05, 3.63) is 72.3 Å². The van der Waals surface area contributed by atoms with E-state index in [2.05, 4.69) is 10.0 Å². The molecule has 156 valence electrons. The van der Waals surface area contributed by atoms with Gasteiger partial charge in [-0.25, -0.2) is 13.1 Å². The standard InChI is InChI=1S/C22H22N2O5S/c1-16-6-10-20(11-7-16)30(27,28)23-13-12-22(26)29-15-21(25)24-19-9-8-17-4-2-3-5-18(17)14-19/h2-11,14,23H,12-13,15H2,1H3,(H,24,25). The largest absolute Gasteiger partial charge is 0.456 e. The fourth-order valence-electron chi connectivity index (χ4n) is 2.77. The maximum absolute atomic E-state index is 12.2. The lowest BCUT2D eigenvalue weighted by Crippen LogP contribution is -2.28. The number of carbonyl (C=O) groups is 2. The Kier molecular flexibility index (Phi) is 6.81. The minimum absolute atomic E-state index is 0.122. The molecule has 30 heavy (non-hydrogen) atoms. The Hall–Kier alpha value is -3.23. The smallest absolute Gasteiger partial charge is 0.307 e. The van der Waals surface area contributed by atoms with Gasteiger partial charge in [0.05, 0.1) is 11.3 Å². The van der Waals surface area contributed by atoms with Crippen LogP contribution in [0.25, 0.3) is 10.8 Å². The third-order valence-corrected chi connectivity index (χ3v) is 5.83. The first-order valence-electron chi connectivity index (χ1n) is 9.34. The van der Waals surface area contributed by atoms with Crippen molar-refractivity contribution in [1.82, 2.24) is 4.72 Å². The van der Waals surface area contributed by atoms with Crippen molar-refractivity contribution in [3.63, 3.8) is 0 Å². The van der Waals surface area contributed by atoms with Gasteiger partial charge in [0.2, 0.25) is 10.0 Å². The summed E-state index contributed by atoms with van der Waals surface area (Å²) in [6.07, 6.45) is -0.186. The Morgan fingerprint density at radius 2 is 1.63 bits per heavy atom. The number of benzene rings is 3. The van der Waals surface area contributed by atoms with Crippen LogP contribution in [0.4, 0.5) is 5.69 Å². The van der Waals surface area contributed by atoms with Gasteiger partial charge in [0.1, 0.15) is 0 Å². The highest BCUT2D eigenvalue weighted by atomic mass is 32.2. The number of esters is 1. The molecular weight excluding hydrogens is 404 g/mol. The fraction of sp³-hybridized carbons (Fsp3) is 0.182. The maximum Gasteiger partial charge on any atom is 0.307 e. The van der Waals surface area contributed by atoms with Crippen LogP contribution < -0.4 is 10.0 Å². The molecule has 0 spiro atoms. The van der Waals surface area contributed by atoms with Crippen LogP contribution in [0.5, 0.6) is 0 Å². The molecule has 0 aromatic heterocycles. The van der Waals surface area contributed by atoms with Gasteiger partial charge in [-0.15, -0.1) is 0 Å². The molecule has 0 saturated carbocycles. The highest BCUT2D eigenvalue weighted by Crippen LogP contribution is 2.18. The molecule has 2 N–H and O–H groups in total. The molecule has 8 heteroatoms.